The molecule has 132 valence electrons. The van der Waals surface area contributed by atoms with Gasteiger partial charge >= 0.3 is 5.97 Å². The molecule has 6 nitrogen and oxygen atoms in total. The summed E-state index contributed by atoms with van der Waals surface area (Å²) >= 11 is 1.24. The summed E-state index contributed by atoms with van der Waals surface area (Å²) in [4.78, 5) is 30.2. The van der Waals surface area contributed by atoms with E-state index in [1.54, 1.807) is 47.4 Å². The lowest BCUT2D eigenvalue weighted by Crippen LogP contribution is -2.28. The van der Waals surface area contributed by atoms with Gasteiger partial charge in [0.05, 0.1) is 16.2 Å². The number of benzene rings is 2. The van der Waals surface area contributed by atoms with Crippen molar-refractivity contribution in [2.24, 2.45) is 4.99 Å². The van der Waals surface area contributed by atoms with Crippen molar-refractivity contribution in [3.8, 4) is 5.75 Å². The van der Waals surface area contributed by atoms with Crippen molar-refractivity contribution in [3.05, 3.63) is 64.6 Å². The van der Waals surface area contributed by atoms with Crippen LogP contribution in [0.5, 0.6) is 5.75 Å². The summed E-state index contributed by atoms with van der Waals surface area (Å²) in [7, 11) is 0. The number of hydrogen-bond donors (Lipinski definition) is 2. The Morgan fingerprint density at radius 1 is 1.23 bits per heavy atom. The predicted molar refractivity (Wildman–Crippen MR) is 102 cm³/mol. The van der Waals surface area contributed by atoms with Gasteiger partial charge in [-0.1, -0.05) is 18.2 Å². The zero-order chi connectivity index (χ0) is 18.7. The number of hydrogen-bond acceptors (Lipinski definition) is 5. The first-order chi connectivity index (χ1) is 12.5. The molecule has 0 aliphatic carbocycles. The largest absolute Gasteiger partial charge is 0.508 e. The average Bonchev–Trinajstić information content (AvgIpc) is 2.91. The topological polar surface area (TPSA) is 90.2 Å². The molecule has 0 saturated carbocycles. The molecule has 1 heterocycles. The number of likely N-dealkylation sites (N-methyl/N-ethyl adjacent to an activating group) is 1. The van der Waals surface area contributed by atoms with Crippen LogP contribution in [-0.2, 0) is 4.79 Å². The van der Waals surface area contributed by atoms with Crippen molar-refractivity contribution < 1.29 is 19.8 Å². The minimum Gasteiger partial charge on any atom is -0.508 e. The second-order valence-electron chi connectivity index (χ2n) is 5.50. The highest BCUT2D eigenvalue weighted by atomic mass is 32.2. The van der Waals surface area contributed by atoms with Gasteiger partial charge in [0.15, 0.2) is 5.17 Å². The molecule has 1 aliphatic rings. The predicted octanol–water partition coefficient (Wildman–Crippen LogP) is 3.71. The van der Waals surface area contributed by atoms with Gasteiger partial charge in [-0.25, -0.2) is 9.79 Å². The minimum absolute atomic E-state index is 0.143. The van der Waals surface area contributed by atoms with Crippen molar-refractivity contribution in [2.75, 3.05) is 6.54 Å². The molecule has 2 N–H and O–H groups in total. The molecular weight excluding hydrogens is 352 g/mol. The lowest BCUT2D eigenvalue weighted by molar-refractivity contribution is -0.122. The van der Waals surface area contributed by atoms with Crippen LogP contribution >= 0.6 is 11.8 Å². The zero-order valence-corrected chi connectivity index (χ0v) is 14.7. The summed E-state index contributed by atoms with van der Waals surface area (Å²) in [5.41, 5.74) is 1.41. The number of carboxylic acids is 1. The molecular formula is C19H16N2O4S. The molecule has 2 aromatic carbocycles. The highest BCUT2D eigenvalue weighted by Crippen LogP contribution is 2.34. The molecule has 26 heavy (non-hydrogen) atoms. The zero-order valence-electron chi connectivity index (χ0n) is 13.9. The number of rotatable bonds is 4. The Morgan fingerprint density at radius 3 is 2.62 bits per heavy atom. The molecule has 1 amide bonds. The highest BCUT2D eigenvalue weighted by Gasteiger charge is 2.32. The van der Waals surface area contributed by atoms with Crippen molar-refractivity contribution in [2.45, 2.75) is 6.92 Å². The van der Waals surface area contributed by atoms with E-state index in [9.17, 15) is 14.7 Å². The van der Waals surface area contributed by atoms with Crippen LogP contribution in [0, 0.1) is 0 Å². The molecule has 0 unspecified atom stereocenters. The molecule has 1 saturated heterocycles. The van der Waals surface area contributed by atoms with Crippen LogP contribution in [0.1, 0.15) is 22.8 Å². The Bertz CT molecular complexity index is 919. The van der Waals surface area contributed by atoms with Crippen LogP contribution in [0.4, 0.5) is 5.69 Å². The van der Waals surface area contributed by atoms with Crippen LogP contribution in [0.3, 0.4) is 0 Å². The van der Waals surface area contributed by atoms with E-state index in [2.05, 4.69) is 4.99 Å². The fourth-order valence-electron chi connectivity index (χ4n) is 2.41. The molecule has 2 aromatic rings. The van der Waals surface area contributed by atoms with Crippen LogP contribution in [0.2, 0.25) is 0 Å². The van der Waals surface area contributed by atoms with E-state index >= 15 is 0 Å². The van der Waals surface area contributed by atoms with E-state index in [-0.39, 0.29) is 17.2 Å². The maximum atomic E-state index is 12.6. The summed E-state index contributed by atoms with van der Waals surface area (Å²) in [6, 6.07) is 12.8. The molecule has 0 atom stereocenters. The number of nitrogens with zero attached hydrogens (tertiary/aromatic N) is 2. The molecule has 1 aliphatic heterocycles. The van der Waals surface area contributed by atoms with Gasteiger partial charge in [-0.15, -0.1) is 0 Å². The van der Waals surface area contributed by atoms with Gasteiger partial charge < -0.3 is 10.2 Å². The number of thioether (sulfide) groups is 1. The number of phenols is 1. The summed E-state index contributed by atoms with van der Waals surface area (Å²) < 4.78 is 0. The van der Waals surface area contributed by atoms with E-state index in [4.69, 9.17) is 5.11 Å². The molecule has 0 radical (unpaired) electrons. The Kier molecular flexibility index (Phi) is 5.09. The fraction of sp³-hybridized carbons (Fsp3) is 0.105. The second-order valence-corrected chi connectivity index (χ2v) is 6.51. The number of amides is 1. The van der Waals surface area contributed by atoms with E-state index < -0.39 is 5.97 Å². The van der Waals surface area contributed by atoms with Crippen molar-refractivity contribution in [1.29, 1.82) is 0 Å². The van der Waals surface area contributed by atoms with Crippen LogP contribution < -0.4 is 0 Å². The Labute approximate surface area is 154 Å². The fourth-order valence-corrected chi connectivity index (χ4v) is 3.47. The summed E-state index contributed by atoms with van der Waals surface area (Å²) in [6.45, 7) is 2.31. The van der Waals surface area contributed by atoms with Crippen molar-refractivity contribution in [3.63, 3.8) is 0 Å². The lowest BCUT2D eigenvalue weighted by Gasteiger charge is -2.12. The van der Waals surface area contributed by atoms with Crippen molar-refractivity contribution >= 4 is 40.6 Å². The monoisotopic (exact) mass is 368 g/mol. The third-order valence-electron chi connectivity index (χ3n) is 3.71. The number of carboxylic acid groups (broad SMARTS) is 1. The average molecular weight is 368 g/mol. The van der Waals surface area contributed by atoms with Gasteiger partial charge in [0, 0.05) is 6.54 Å². The normalized spacial score (nSPS) is 17.3. The van der Waals surface area contributed by atoms with Gasteiger partial charge in [0.2, 0.25) is 0 Å². The number of carbonyl (C=O) groups is 2. The standard InChI is InChI=1S/C19H16N2O4S/c1-2-21-17(23)16(10-12-6-8-15(22)9-7-12)26-19(21)20-14-5-3-4-13(11-14)18(24)25/h3-11,22H,2H2,1H3,(H,24,25)/b16-10+,20-19?. The Morgan fingerprint density at radius 2 is 1.96 bits per heavy atom. The maximum absolute atomic E-state index is 12.6. The summed E-state index contributed by atoms with van der Waals surface area (Å²) in [5.74, 6) is -1.02. The highest BCUT2D eigenvalue weighted by molar-refractivity contribution is 8.18. The Balaban J connectivity index is 1.93. The van der Waals surface area contributed by atoms with E-state index in [0.29, 0.717) is 22.3 Å². The van der Waals surface area contributed by atoms with E-state index in [1.165, 1.54) is 23.9 Å². The van der Waals surface area contributed by atoms with Gasteiger partial charge in [-0.05, 0) is 60.7 Å². The summed E-state index contributed by atoms with van der Waals surface area (Å²) in [5, 5.41) is 19.0. The Hall–Kier alpha value is -3.06. The van der Waals surface area contributed by atoms with Gasteiger partial charge in [0.1, 0.15) is 5.75 Å². The van der Waals surface area contributed by atoms with Crippen LogP contribution in [-0.4, -0.2) is 38.7 Å². The first kappa shape index (κ1) is 17.8. The SMILES string of the molecule is CCN1C(=O)/C(=C\c2ccc(O)cc2)SC1=Nc1cccc(C(=O)O)c1. The number of aliphatic imine (C=N–C) groups is 1. The lowest BCUT2D eigenvalue weighted by atomic mass is 10.2. The number of aromatic carboxylic acids is 1. The minimum atomic E-state index is -1.03. The quantitative estimate of drug-likeness (QED) is 0.803. The number of phenolic OH excluding ortho intramolecular Hbond substituents is 1. The third-order valence-corrected chi connectivity index (χ3v) is 4.72. The first-order valence-electron chi connectivity index (χ1n) is 7.90. The number of carbonyl (C=O) groups excluding carboxylic acids is 1. The second kappa shape index (κ2) is 7.45. The number of aromatic hydroxyl groups is 1. The molecule has 0 aromatic heterocycles. The molecule has 0 spiro atoms. The molecule has 1 fully saturated rings. The first-order valence-corrected chi connectivity index (χ1v) is 8.72. The van der Waals surface area contributed by atoms with Gasteiger partial charge in [-0.3, -0.25) is 9.69 Å². The van der Waals surface area contributed by atoms with Crippen LogP contribution in [0.15, 0.2) is 58.4 Å². The van der Waals surface area contributed by atoms with E-state index in [0.717, 1.165) is 5.56 Å². The summed E-state index contributed by atoms with van der Waals surface area (Å²) in [6.07, 6.45) is 1.74. The maximum Gasteiger partial charge on any atom is 0.335 e. The van der Waals surface area contributed by atoms with E-state index in [1.807, 2.05) is 6.92 Å². The van der Waals surface area contributed by atoms with Gasteiger partial charge in [0.25, 0.3) is 5.91 Å². The van der Waals surface area contributed by atoms with Crippen molar-refractivity contribution in [1.82, 2.24) is 4.90 Å². The smallest absolute Gasteiger partial charge is 0.335 e. The molecule has 3 rings (SSSR count). The molecule has 7 heteroatoms. The number of amidine groups is 1. The third kappa shape index (κ3) is 3.78. The van der Waals surface area contributed by atoms with Gasteiger partial charge in [-0.2, -0.15) is 0 Å². The molecule has 0 bridgehead atoms. The van der Waals surface area contributed by atoms with Crippen LogP contribution in [0.25, 0.3) is 6.08 Å².